The summed E-state index contributed by atoms with van der Waals surface area (Å²) < 4.78 is 26.8. The summed E-state index contributed by atoms with van der Waals surface area (Å²) in [4.78, 5) is 1.37. The molecule has 1 saturated heterocycles. The van der Waals surface area contributed by atoms with Crippen LogP contribution in [0.2, 0.25) is 5.02 Å². The van der Waals surface area contributed by atoms with Crippen LogP contribution in [0.5, 0.6) is 0 Å². The van der Waals surface area contributed by atoms with Crippen molar-refractivity contribution in [3.63, 3.8) is 0 Å². The molecule has 0 aromatic heterocycles. The Hall–Kier alpha value is -1.40. The van der Waals surface area contributed by atoms with E-state index in [2.05, 4.69) is 0 Å². The zero-order valence-corrected chi connectivity index (χ0v) is 15.1. The van der Waals surface area contributed by atoms with Gasteiger partial charge >= 0.3 is 0 Å². The van der Waals surface area contributed by atoms with E-state index in [1.807, 2.05) is 54.6 Å². The number of nitrogens with one attached hydrogen (secondary N) is 1. The van der Waals surface area contributed by atoms with Gasteiger partial charge in [0, 0.05) is 10.6 Å². The fourth-order valence-corrected chi connectivity index (χ4v) is 4.78. The van der Waals surface area contributed by atoms with Gasteiger partial charge in [0.2, 0.25) is 10.0 Å². The van der Waals surface area contributed by atoms with Crippen LogP contribution in [0.1, 0.15) is 11.1 Å². The first-order valence-corrected chi connectivity index (χ1v) is 10.1. The number of hydrogen-bond acceptors (Lipinski definition) is 2. The third kappa shape index (κ3) is 4.36. The molecule has 1 aliphatic heterocycles. The standard InChI is InChI=1S/C18H21ClN2O2S/c19-18-9-5-4-8-17(18)14-20-10-12-21(13-11-20)24(22,23)15-16-6-2-1-3-7-16/h1-9H,10-15H2/p+1. The number of nitrogens with zero attached hydrogens (tertiary/aromatic N) is 1. The Morgan fingerprint density at radius 2 is 1.58 bits per heavy atom. The second-order valence-corrected chi connectivity index (χ2v) is 8.54. The molecule has 4 nitrogen and oxygen atoms in total. The second-order valence-electron chi connectivity index (χ2n) is 6.16. The van der Waals surface area contributed by atoms with Crippen molar-refractivity contribution in [1.29, 1.82) is 0 Å². The third-order valence-corrected chi connectivity index (χ3v) is 6.63. The summed E-state index contributed by atoms with van der Waals surface area (Å²) in [5, 5.41) is 0.782. The highest BCUT2D eigenvalue weighted by Gasteiger charge is 2.29. The number of piperazine rings is 1. The Balaban J connectivity index is 1.57. The highest BCUT2D eigenvalue weighted by molar-refractivity contribution is 7.88. The van der Waals surface area contributed by atoms with Crippen LogP contribution in [0, 0.1) is 0 Å². The summed E-state index contributed by atoms with van der Waals surface area (Å²) in [7, 11) is -3.25. The van der Waals surface area contributed by atoms with Gasteiger partial charge in [0.25, 0.3) is 0 Å². The van der Waals surface area contributed by atoms with Crippen LogP contribution in [-0.2, 0) is 22.3 Å². The van der Waals surface area contributed by atoms with E-state index >= 15 is 0 Å². The van der Waals surface area contributed by atoms with Crippen molar-refractivity contribution >= 4 is 21.6 Å². The van der Waals surface area contributed by atoms with Gasteiger partial charge in [-0.05, 0) is 11.6 Å². The number of rotatable bonds is 5. The molecule has 1 fully saturated rings. The maximum Gasteiger partial charge on any atom is 0.218 e. The van der Waals surface area contributed by atoms with E-state index < -0.39 is 10.0 Å². The lowest BCUT2D eigenvalue weighted by Gasteiger charge is -2.31. The van der Waals surface area contributed by atoms with E-state index in [9.17, 15) is 8.42 Å². The number of benzene rings is 2. The minimum Gasteiger partial charge on any atom is -0.329 e. The van der Waals surface area contributed by atoms with Crippen LogP contribution in [0.15, 0.2) is 54.6 Å². The molecule has 24 heavy (non-hydrogen) atoms. The van der Waals surface area contributed by atoms with E-state index in [0.29, 0.717) is 13.1 Å². The van der Waals surface area contributed by atoms with Crippen LogP contribution in [-0.4, -0.2) is 38.9 Å². The fourth-order valence-electron chi connectivity index (χ4n) is 3.04. The van der Waals surface area contributed by atoms with Crippen LogP contribution < -0.4 is 4.90 Å². The van der Waals surface area contributed by atoms with Gasteiger partial charge in [-0.15, -0.1) is 0 Å². The highest BCUT2D eigenvalue weighted by Crippen LogP contribution is 2.14. The van der Waals surface area contributed by atoms with Crippen molar-refractivity contribution in [2.45, 2.75) is 12.3 Å². The Morgan fingerprint density at radius 1 is 0.958 bits per heavy atom. The molecule has 0 unspecified atom stereocenters. The normalized spacial score (nSPS) is 17.0. The van der Waals surface area contributed by atoms with E-state index in [1.165, 1.54) is 4.90 Å². The topological polar surface area (TPSA) is 41.8 Å². The van der Waals surface area contributed by atoms with Gasteiger partial charge < -0.3 is 4.90 Å². The van der Waals surface area contributed by atoms with Crippen molar-refractivity contribution < 1.29 is 13.3 Å². The molecule has 0 amide bonds. The van der Waals surface area contributed by atoms with Crippen LogP contribution in [0.3, 0.4) is 0 Å². The van der Waals surface area contributed by atoms with Crippen LogP contribution in [0.25, 0.3) is 0 Å². The maximum absolute atomic E-state index is 12.6. The molecule has 0 saturated carbocycles. The van der Waals surface area contributed by atoms with Gasteiger partial charge in [-0.1, -0.05) is 60.1 Å². The Morgan fingerprint density at radius 3 is 2.25 bits per heavy atom. The number of halogens is 1. The van der Waals surface area contributed by atoms with Gasteiger partial charge in [0.05, 0.1) is 31.9 Å². The van der Waals surface area contributed by atoms with Crippen LogP contribution in [0.4, 0.5) is 0 Å². The summed E-state index contributed by atoms with van der Waals surface area (Å²) in [5.74, 6) is 0.0771. The van der Waals surface area contributed by atoms with Gasteiger partial charge in [0.15, 0.2) is 0 Å². The minimum atomic E-state index is -3.25. The van der Waals surface area contributed by atoms with E-state index in [0.717, 1.165) is 35.8 Å². The summed E-state index contributed by atoms with van der Waals surface area (Å²) in [6.07, 6.45) is 0. The fraction of sp³-hybridized carbons (Fsp3) is 0.333. The molecular formula is C18H22ClN2O2S+. The first-order valence-electron chi connectivity index (χ1n) is 8.13. The predicted molar refractivity (Wildman–Crippen MR) is 96.5 cm³/mol. The molecular weight excluding hydrogens is 344 g/mol. The van der Waals surface area contributed by atoms with Crippen LogP contribution >= 0.6 is 11.6 Å². The van der Waals surface area contributed by atoms with E-state index in [4.69, 9.17) is 11.6 Å². The lowest BCUT2D eigenvalue weighted by atomic mass is 10.2. The molecule has 0 atom stereocenters. The molecule has 1 heterocycles. The molecule has 1 N–H and O–H groups in total. The molecule has 1 aliphatic rings. The van der Waals surface area contributed by atoms with E-state index in [1.54, 1.807) is 4.31 Å². The van der Waals surface area contributed by atoms with Crippen molar-refractivity contribution in [2.75, 3.05) is 26.2 Å². The first kappa shape index (κ1) is 17.4. The quantitative estimate of drug-likeness (QED) is 0.874. The van der Waals surface area contributed by atoms with Gasteiger partial charge in [-0.2, -0.15) is 4.31 Å². The molecule has 3 rings (SSSR count). The van der Waals surface area contributed by atoms with Gasteiger partial charge in [-0.25, -0.2) is 8.42 Å². The molecule has 0 aliphatic carbocycles. The minimum absolute atomic E-state index is 0.0771. The summed E-state index contributed by atoms with van der Waals surface area (Å²) in [6, 6.07) is 17.2. The van der Waals surface area contributed by atoms with Crippen molar-refractivity contribution in [3.8, 4) is 0 Å². The molecule has 2 aromatic rings. The van der Waals surface area contributed by atoms with Crippen molar-refractivity contribution in [1.82, 2.24) is 4.31 Å². The van der Waals surface area contributed by atoms with Gasteiger partial charge in [-0.3, -0.25) is 0 Å². The zero-order chi connectivity index (χ0) is 17.0. The van der Waals surface area contributed by atoms with Crippen molar-refractivity contribution in [2.24, 2.45) is 0 Å². The summed E-state index contributed by atoms with van der Waals surface area (Å²) in [5.41, 5.74) is 1.96. The monoisotopic (exact) mass is 365 g/mol. The molecule has 0 bridgehead atoms. The summed E-state index contributed by atoms with van der Waals surface area (Å²) >= 11 is 6.22. The molecule has 0 spiro atoms. The highest BCUT2D eigenvalue weighted by atomic mass is 35.5. The smallest absolute Gasteiger partial charge is 0.218 e. The SMILES string of the molecule is O=S(=O)(Cc1ccccc1)N1CC[NH+](Cc2ccccc2Cl)CC1. The number of hydrogen-bond donors (Lipinski definition) is 1. The third-order valence-electron chi connectivity index (χ3n) is 4.41. The predicted octanol–water partition coefficient (Wildman–Crippen LogP) is 1.57. The average molecular weight is 366 g/mol. The average Bonchev–Trinajstić information content (AvgIpc) is 2.58. The van der Waals surface area contributed by atoms with Crippen molar-refractivity contribution in [3.05, 3.63) is 70.7 Å². The largest absolute Gasteiger partial charge is 0.329 e. The maximum atomic E-state index is 12.6. The first-order chi connectivity index (χ1) is 11.5. The molecule has 2 aromatic carbocycles. The van der Waals surface area contributed by atoms with E-state index in [-0.39, 0.29) is 5.75 Å². The van der Waals surface area contributed by atoms with Gasteiger partial charge in [0.1, 0.15) is 6.54 Å². The Bertz CT molecular complexity index is 773. The number of sulfonamides is 1. The Labute approximate surface area is 148 Å². The zero-order valence-electron chi connectivity index (χ0n) is 13.5. The Kier molecular flexibility index (Phi) is 5.56. The lowest BCUT2D eigenvalue weighted by Crippen LogP contribution is -3.13. The molecule has 6 heteroatoms. The lowest BCUT2D eigenvalue weighted by molar-refractivity contribution is -0.917. The second kappa shape index (κ2) is 7.66. The summed E-state index contributed by atoms with van der Waals surface area (Å²) in [6.45, 7) is 3.58. The number of quaternary nitrogens is 1. The molecule has 0 radical (unpaired) electrons. The molecule has 128 valence electrons.